The SMILES string of the molecule is COc1cc(C)ccc1OCC(=O)NNC(=O)c1ccc(CSc2nc3ccccc3s2)cc1. The van der Waals surface area contributed by atoms with Gasteiger partial charge < -0.3 is 9.47 Å². The first kappa shape index (κ1) is 23.6. The third-order valence-electron chi connectivity index (χ3n) is 4.85. The maximum atomic E-state index is 12.4. The van der Waals surface area contributed by atoms with Crippen molar-refractivity contribution in [3.63, 3.8) is 0 Å². The molecular formula is C25H23N3O4S2. The highest BCUT2D eigenvalue weighted by molar-refractivity contribution is 8.00. The minimum Gasteiger partial charge on any atom is -0.493 e. The molecule has 2 N–H and O–H groups in total. The van der Waals surface area contributed by atoms with Gasteiger partial charge in [-0.15, -0.1) is 11.3 Å². The van der Waals surface area contributed by atoms with E-state index in [1.54, 1.807) is 41.3 Å². The van der Waals surface area contributed by atoms with Crippen LogP contribution in [-0.2, 0) is 10.5 Å². The molecule has 0 atom stereocenters. The molecular weight excluding hydrogens is 470 g/mol. The van der Waals surface area contributed by atoms with Gasteiger partial charge >= 0.3 is 0 Å². The summed E-state index contributed by atoms with van der Waals surface area (Å²) in [7, 11) is 1.53. The summed E-state index contributed by atoms with van der Waals surface area (Å²) in [4.78, 5) is 29.0. The Morgan fingerprint density at radius 2 is 1.79 bits per heavy atom. The molecule has 0 saturated heterocycles. The fourth-order valence-corrected chi connectivity index (χ4v) is 5.11. The number of fused-ring (bicyclic) bond motifs is 1. The lowest BCUT2D eigenvalue weighted by Crippen LogP contribution is -2.43. The number of thiazole rings is 1. The molecule has 174 valence electrons. The molecule has 0 aliphatic heterocycles. The number of hydrogen-bond acceptors (Lipinski definition) is 7. The molecule has 7 nitrogen and oxygen atoms in total. The van der Waals surface area contributed by atoms with Crippen LogP contribution in [0.4, 0.5) is 0 Å². The number of carbonyl (C=O) groups is 2. The first-order valence-electron chi connectivity index (χ1n) is 10.5. The van der Waals surface area contributed by atoms with Gasteiger partial charge in [-0.25, -0.2) is 4.98 Å². The first-order valence-corrected chi connectivity index (χ1v) is 12.3. The van der Waals surface area contributed by atoms with Crippen LogP contribution in [0.3, 0.4) is 0 Å². The smallest absolute Gasteiger partial charge is 0.276 e. The Bertz CT molecular complexity index is 1270. The molecule has 4 aromatic rings. The maximum Gasteiger partial charge on any atom is 0.276 e. The number of hydrogen-bond donors (Lipinski definition) is 2. The van der Waals surface area contributed by atoms with Crippen LogP contribution in [0, 0.1) is 6.92 Å². The normalized spacial score (nSPS) is 10.6. The molecule has 9 heteroatoms. The zero-order chi connectivity index (χ0) is 23.9. The minimum absolute atomic E-state index is 0.262. The molecule has 0 aliphatic carbocycles. The predicted molar refractivity (Wildman–Crippen MR) is 134 cm³/mol. The molecule has 0 fully saturated rings. The van der Waals surface area contributed by atoms with E-state index in [0.717, 1.165) is 26.7 Å². The summed E-state index contributed by atoms with van der Waals surface area (Å²) < 4.78 is 12.9. The van der Waals surface area contributed by atoms with Gasteiger partial charge in [0, 0.05) is 11.3 Å². The summed E-state index contributed by atoms with van der Waals surface area (Å²) in [6.45, 7) is 1.67. The number of nitrogens with one attached hydrogen (secondary N) is 2. The predicted octanol–water partition coefficient (Wildman–Crippen LogP) is 4.75. The number of para-hydroxylation sites is 1. The van der Waals surface area contributed by atoms with Crippen molar-refractivity contribution >= 4 is 45.1 Å². The third-order valence-corrected chi connectivity index (χ3v) is 7.10. The molecule has 0 spiro atoms. The van der Waals surface area contributed by atoms with Gasteiger partial charge in [0.1, 0.15) is 0 Å². The van der Waals surface area contributed by atoms with E-state index in [2.05, 4.69) is 21.9 Å². The molecule has 0 saturated carbocycles. The van der Waals surface area contributed by atoms with E-state index >= 15 is 0 Å². The summed E-state index contributed by atoms with van der Waals surface area (Å²) in [5.41, 5.74) is 8.30. The van der Waals surface area contributed by atoms with Crippen LogP contribution < -0.4 is 20.3 Å². The summed E-state index contributed by atoms with van der Waals surface area (Å²) in [5, 5.41) is 0. The zero-order valence-corrected chi connectivity index (χ0v) is 20.3. The molecule has 0 bridgehead atoms. The average molecular weight is 494 g/mol. The lowest BCUT2D eigenvalue weighted by Gasteiger charge is -2.12. The Labute approximate surface area is 205 Å². The molecule has 34 heavy (non-hydrogen) atoms. The lowest BCUT2D eigenvalue weighted by molar-refractivity contribution is -0.123. The Morgan fingerprint density at radius 3 is 2.56 bits per heavy atom. The van der Waals surface area contributed by atoms with Crippen molar-refractivity contribution in [3.05, 3.63) is 83.4 Å². The van der Waals surface area contributed by atoms with Crippen molar-refractivity contribution in [1.82, 2.24) is 15.8 Å². The number of amides is 2. The van der Waals surface area contributed by atoms with Crippen molar-refractivity contribution in [3.8, 4) is 11.5 Å². The highest BCUT2D eigenvalue weighted by atomic mass is 32.2. The fourth-order valence-electron chi connectivity index (χ4n) is 3.08. The lowest BCUT2D eigenvalue weighted by atomic mass is 10.1. The molecule has 3 aromatic carbocycles. The quantitative estimate of drug-likeness (QED) is 0.272. The van der Waals surface area contributed by atoms with Crippen LogP contribution >= 0.6 is 23.1 Å². The van der Waals surface area contributed by atoms with Gasteiger partial charge in [-0.1, -0.05) is 42.1 Å². The first-order chi connectivity index (χ1) is 16.5. The van der Waals surface area contributed by atoms with Crippen molar-refractivity contribution in [2.24, 2.45) is 0 Å². The van der Waals surface area contributed by atoms with Gasteiger partial charge in [-0.05, 0) is 54.4 Å². The van der Waals surface area contributed by atoms with Crippen LogP contribution in [0.5, 0.6) is 11.5 Å². The minimum atomic E-state index is -0.486. The number of rotatable bonds is 8. The number of aromatic nitrogens is 1. The van der Waals surface area contributed by atoms with Gasteiger partial charge in [0.15, 0.2) is 22.4 Å². The Hall–Kier alpha value is -3.56. The second kappa shape index (κ2) is 11.0. The highest BCUT2D eigenvalue weighted by Crippen LogP contribution is 2.31. The third kappa shape index (κ3) is 6.06. The maximum absolute atomic E-state index is 12.4. The van der Waals surface area contributed by atoms with Gasteiger partial charge in [-0.2, -0.15) is 0 Å². The van der Waals surface area contributed by atoms with E-state index in [9.17, 15) is 9.59 Å². The van der Waals surface area contributed by atoms with E-state index in [4.69, 9.17) is 9.47 Å². The van der Waals surface area contributed by atoms with Crippen molar-refractivity contribution in [2.45, 2.75) is 17.0 Å². The molecule has 1 aromatic heterocycles. The zero-order valence-electron chi connectivity index (χ0n) is 18.7. The van der Waals surface area contributed by atoms with E-state index in [0.29, 0.717) is 17.1 Å². The Morgan fingerprint density at radius 1 is 1.00 bits per heavy atom. The number of carbonyl (C=O) groups excluding carboxylic acids is 2. The van der Waals surface area contributed by atoms with E-state index < -0.39 is 11.8 Å². The number of thioether (sulfide) groups is 1. The molecule has 1 heterocycles. The summed E-state index contributed by atoms with van der Waals surface area (Å²) >= 11 is 3.33. The highest BCUT2D eigenvalue weighted by Gasteiger charge is 2.11. The molecule has 0 unspecified atom stereocenters. The molecule has 2 amide bonds. The molecule has 0 radical (unpaired) electrons. The number of methoxy groups -OCH3 is 1. The molecule has 0 aliphatic rings. The second-order valence-electron chi connectivity index (χ2n) is 7.38. The Kier molecular flexibility index (Phi) is 7.66. The topological polar surface area (TPSA) is 89.5 Å². The summed E-state index contributed by atoms with van der Waals surface area (Å²) in [5.74, 6) is 0.844. The van der Waals surface area contributed by atoms with E-state index in [-0.39, 0.29) is 6.61 Å². The van der Waals surface area contributed by atoms with Gasteiger partial charge in [-0.3, -0.25) is 20.4 Å². The van der Waals surface area contributed by atoms with Crippen LogP contribution in [0.2, 0.25) is 0 Å². The van der Waals surface area contributed by atoms with Gasteiger partial charge in [0.05, 0.1) is 17.3 Å². The average Bonchev–Trinajstić information content (AvgIpc) is 3.28. The standard InChI is InChI=1S/C25H23N3O4S2/c1-16-7-12-20(21(13-16)31-2)32-14-23(29)27-28-24(30)18-10-8-17(9-11-18)15-33-25-26-19-5-3-4-6-22(19)34-25/h3-13H,14-15H2,1-2H3,(H,27,29)(H,28,30). The number of nitrogens with zero attached hydrogens (tertiary/aromatic N) is 1. The summed E-state index contributed by atoms with van der Waals surface area (Å²) in [6.07, 6.45) is 0. The monoisotopic (exact) mass is 493 g/mol. The van der Waals surface area contributed by atoms with Crippen molar-refractivity contribution in [2.75, 3.05) is 13.7 Å². The van der Waals surface area contributed by atoms with Crippen LogP contribution in [0.15, 0.2) is 71.1 Å². The molecule has 4 rings (SSSR count). The van der Waals surface area contributed by atoms with Crippen molar-refractivity contribution < 1.29 is 19.1 Å². The number of ether oxygens (including phenoxy) is 2. The van der Waals surface area contributed by atoms with E-state index in [1.165, 1.54) is 11.8 Å². The largest absolute Gasteiger partial charge is 0.493 e. The van der Waals surface area contributed by atoms with Gasteiger partial charge in [0.2, 0.25) is 0 Å². The van der Waals surface area contributed by atoms with Crippen LogP contribution in [-0.4, -0.2) is 30.5 Å². The number of benzene rings is 3. The fraction of sp³-hybridized carbons (Fsp3) is 0.160. The Balaban J connectivity index is 1.23. The second-order valence-corrected chi connectivity index (χ2v) is 9.63. The number of aryl methyl sites for hydroxylation is 1. The van der Waals surface area contributed by atoms with Crippen molar-refractivity contribution in [1.29, 1.82) is 0 Å². The van der Waals surface area contributed by atoms with E-state index in [1.807, 2.05) is 49.4 Å². The van der Waals surface area contributed by atoms with Crippen LogP contribution in [0.25, 0.3) is 10.2 Å². The summed E-state index contributed by atoms with van der Waals surface area (Å²) in [6, 6.07) is 20.7. The van der Waals surface area contributed by atoms with Crippen LogP contribution in [0.1, 0.15) is 21.5 Å². The van der Waals surface area contributed by atoms with Gasteiger partial charge in [0.25, 0.3) is 11.8 Å². The number of hydrazine groups is 1.